The van der Waals surface area contributed by atoms with E-state index in [9.17, 15) is 5.11 Å². The number of rotatable bonds is 4. The number of aryl methyl sites for hydroxylation is 1. The molecule has 1 N–H and O–H groups in total. The summed E-state index contributed by atoms with van der Waals surface area (Å²) in [5.41, 5.74) is 3.29. The van der Waals surface area contributed by atoms with Crippen molar-refractivity contribution in [1.82, 2.24) is 15.0 Å². The van der Waals surface area contributed by atoms with Gasteiger partial charge in [-0.2, -0.15) is 0 Å². The predicted octanol–water partition coefficient (Wildman–Crippen LogP) is 3.41. The van der Waals surface area contributed by atoms with E-state index in [2.05, 4.69) is 27.0 Å². The van der Waals surface area contributed by atoms with Crippen LogP contribution in [0.3, 0.4) is 0 Å². The zero-order valence-corrected chi connectivity index (χ0v) is 16.1. The van der Waals surface area contributed by atoms with Crippen molar-refractivity contribution in [1.29, 1.82) is 0 Å². The van der Waals surface area contributed by atoms with Gasteiger partial charge in [-0.05, 0) is 52.0 Å². The molecule has 2 aliphatic rings. The molecule has 0 amide bonds. The smallest absolute Gasteiger partial charge is 0.225 e. The molecule has 0 spiro atoms. The van der Waals surface area contributed by atoms with Gasteiger partial charge >= 0.3 is 0 Å². The molecule has 1 saturated heterocycles. The van der Waals surface area contributed by atoms with Gasteiger partial charge in [0.1, 0.15) is 0 Å². The normalized spacial score (nSPS) is 20.6. The Bertz CT molecular complexity index is 770. The van der Waals surface area contributed by atoms with Gasteiger partial charge in [0.05, 0.1) is 24.6 Å². The molecule has 1 aliphatic heterocycles. The molecule has 2 aromatic rings. The van der Waals surface area contributed by atoms with Crippen LogP contribution < -0.4 is 9.64 Å². The van der Waals surface area contributed by atoms with Gasteiger partial charge in [0.15, 0.2) is 5.75 Å². The number of aliphatic hydroxyl groups excluding tert-OH is 1. The third kappa shape index (κ3) is 4.05. The summed E-state index contributed by atoms with van der Waals surface area (Å²) in [7, 11) is 0. The number of hydrogen-bond donors (Lipinski definition) is 1. The molecule has 2 aromatic heterocycles. The van der Waals surface area contributed by atoms with Crippen molar-refractivity contribution in [3.8, 4) is 5.75 Å². The highest BCUT2D eigenvalue weighted by Crippen LogP contribution is 2.33. The molecule has 0 aromatic carbocycles. The second-order valence-electron chi connectivity index (χ2n) is 7.83. The largest absolute Gasteiger partial charge is 0.488 e. The van der Waals surface area contributed by atoms with E-state index >= 15 is 0 Å². The number of anilines is 1. The first-order chi connectivity index (χ1) is 13.1. The molecule has 144 valence electrons. The van der Waals surface area contributed by atoms with Crippen molar-refractivity contribution in [2.45, 2.75) is 64.1 Å². The number of pyridine rings is 1. The van der Waals surface area contributed by atoms with E-state index < -0.39 is 0 Å². The van der Waals surface area contributed by atoms with Crippen molar-refractivity contribution in [3.05, 3.63) is 41.5 Å². The van der Waals surface area contributed by atoms with Gasteiger partial charge < -0.3 is 14.7 Å². The summed E-state index contributed by atoms with van der Waals surface area (Å²) in [5, 5.41) is 10.1. The van der Waals surface area contributed by atoms with Crippen LogP contribution in [0, 0.1) is 0 Å². The van der Waals surface area contributed by atoms with Crippen LogP contribution >= 0.6 is 0 Å². The number of aromatic nitrogens is 3. The molecule has 27 heavy (non-hydrogen) atoms. The minimum Gasteiger partial charge on any atom is -0.488 e. The van der Waals surface area contributed by atoms with Crippen LogP contribution in [0.15, 0.2) is 24.5 Å². The lowest BCUT2D eigenvalue weighted by atomic mass is 9.89. The van der Waals surface area contributed by atoms with Crippen molar-refractivity contribution in [3.63, 3.8) is 0 Å². The highest BCUT2D eigenvalue weighted by atomic mass is 16.5. The molecule has 6 heteroatoms. The molecular formula is C21H28N4O2. The van der Waals surface area contributed by atoms with Crippen molar-refractivity contribution in [2.75, 3.05) is 18.0 Å². The Hall–Kier alpha value is -2.21. The molecule has 6 nitrogen and oxygen atoms in total. The molecule has 1 atom stereocenters. The third-order valence-corrected chi connectivity index (χ3v) is 5.46. The van der Waals surface area contributed by atoms with Gasteiger partial charge in [-0.15, -0.1) is 0 Å². The molecule has 1 aliphatic carbocycles. The molecular weight excluding hydrogens is 340 g/mol. The van der Waals surface area contributed by atoms with E-state index in [4.69, 9.17) is 9.72 Å². The van der Waals surface area contributed by atoms with Crippen molar-refractivity contribution < 1.29 is 9.84 Å². The maximum atomic E-state index is 10.1. The van der Waals surface area contributed by atoms with Gasteiger partial charge in [-0.25, -0.2) is 9.97 Å². The lowest BCUT2D eigenvalue weighted by Gasteiger charge is -2.32. The summed E-state index contributed by atoms with van der Waals surface area (Å²) >= 11 is 0. The molecule has 1 fully saturated rings. The number of aliphatic hydroxyl groups is 1. The molecule has 0 radical (unpaired) electrons. The van der Waals surface area contributed by atoms with Crippen molar-refractivity contribution in [2.24, 2.45) is 0 Å². The average molecular weight is 368 g/mol. The number of hydrogen-bond acceptors (Lipinski definition) is 6. The second-order valence-corrected chi connectivity index (χ2v) is 7.83. The fourth-order valence-electron chi connectivity index (χ4n) is 4.06. The first-order valence-electron chi connectivity index (χ1n) is 10.0. The van der Waals surface area contributed by atoms with Crippen LogP contribution in [0.4, 0.5) is 5.95 Å². The maximum Gasteiger partial charge on any atom is 0.225 e. The van der Waals surface area contributed by atoms with E-state index in [-0.39, 0.29) is 12.2 Å². The summed E-state index contributed by atoms with van der Waals surface area (Å²) in [4.78, 5) is 16.1. The number of nitrogens with zero attached hydrogens (tertiary/aromatic N) is 4. The van der Waals surface area contributed by atoms with Gasteiger partial charge in [-0.1, -0.05) is 6.07 Å². The average Bonchev–Trinajstić information content (AvgIpc) is 2.68. The number of ether oxygens (including phenoxy) is 1. The third-order valence-electron chi connectivity index (χ3n) is 5.46. The molecule has 0 bridgehead atoms. The summed E-state index contributed by atoms with van der Waals surface area (Å²) in [6, 6.07) is 4.20. The predicted molar refractivity (Wildman–Crippen MR) is 104 cm³/mol. The van der Waals surface area contributed by atoms with Crippen molar-refractivity contribution >= 4 is 5.95 Å². The van der Waals surface area contributed by atoms with Crippen LogP contribution in [-0.4, -0.2) is 39.3 Å². The van der Waals surface area contributed by atoms with E-state index in [0.717, 1.165) is 62.4 Å². The Balaban J connectivity index is 1.39. The standard InChI is InChI=1S/C21H28N4O2/c1-14(2)27-16-12-22-21(23-13-16)25-10-8-15(9-11-25)18-7-6-17-19(24-18)4-3-5-20(17)26/h6-7,12-15,20,26H,3-5,8-11H2,1-2H3. The first kappa shape index (κ1) is 18.2. The van der Waals surface area contributed by atoms with E-state index in [1.165, 1.54) is 5.69 Å². The Morgan fingerprint density at radius 2 is 1.85 bits per heavy atom. The summed E-state index contributed by atoms with van der Waals surface area (Å²) in [5.74, 6) is 1.95. The highest BCUT2D eigenvalue weighted by Gasteiger charge is 2.25. The lowest BCUT2D eigenvalue weighted by Crippen LogP contribution is -2.34. The van der Waals surface area contributed by atoms with Gasteiger partial charge in [-0.3, -0.25) is 4.98 Å². The fraction of sp³-hybridized carbons (Fsp3) is 0.571. The molecule has 3 heterocycles. The SMILES string of the molecule is CC(C)Oc1cnc(N2CCC(c3ccc4c(n3)CCCC4O)CC2)nc1. The quantitative estimate of drug-likeness (QED) is 0.892. The second kappa shape index (κ2) is 7.80. The van der Waals surface area contributed by atoms with Gasteiger partial charge in [0, 0.05) is 36.0 Å². The monoisotopic (exact) mass is 368 g/mol. The molecule has 4 rings (SSSR count). The van der Waals surface area contributed by atoms with Crippen LogP contribution in [0.5, 0.6) is 5.75 Å². The van der Waals surface area contributed by atoms with E-state index in [1.807, 2.05) is 13.8 Å². The topological polar surface area (TPSA) is 71.4 Å². The first-order valence-corrected chi connectivity index (χ1v) is 10.0. The maximum absolute atomic E-state index is 10.1. The Morgan fingerprint density at radius 1 is 1.11 bits per heavy atom. The Kier molecular flexibility index (Phi) is 5.25. The molecule has 1 unspecified atom stereocenters. The Morgan fingerprint density at radius 3 is 2.56 bits per heavy atom. The number of fused-ring (bicyclic) bond motifs is 1. The fourth-order valence-corrected chi connectivity index (χ4v) is 4.06. The summed E-state index contributed by atoms with van der Waals surface area (Å²) < 4.78 is 5.61. The Labute approximate surface area is 160 Å². The minimum atomic E-state index is -0.336. The summed E-state index contributed by atoms with van der Waals surface area (Å²) in [6.07, 6.45) is 8.25. The summed E-state index contributed by atoms with van der Waals surface area (Å²) in [6.45, 7) is 5.84. The highest BCUT2D eigenvalue weighted by molar-refractivity contribution is 5.34. The zero-order valence-electron chi connectivity index (χ0n) is 16.1. The van der Waals surface area contributed by atoms with Crippen LogP contribution in [0.1, 0.15) is 68.5 Å². The van der Waals surface area contributed by atoms with E-state index in [0.29, 0.717) is 11.7 Å². The number of piperidine rings is 1. The lowest BCUT2D eigenvalue weighted by molar-refractivity contribution is 0.155. The van der Waals surface area contributed by atoms with Crippen LogP contribution in [0.2, 0.25) is 0 Å². The minimum absolute atomic E-state index is 0.125. The van der Waals surface area contributed by atoms with E-state index in [1.54, 1.807) is 12.4 Å². The van der Waals surface area contributed by atoms with Crippen LogP contribution in [0.25, 0.3) is 0 Å². The molecule has 0 saturated carbocycles. The zero-order chi connectivity index (χ0) is 18.8. The van der Waals surface area contributed by atoms with Gasteiger partial charge in [0.2, 0.25) is 5.95 Å². The van der Waals surface area contributed by atoms with Gasteiger partial charge in [0.25, 0.3) is 0 Å². The van der Waals surface area contributed by atoms with Crippen LogP contribution in [-0.2, 0) is 6.42 Å².